The fraction of sp³-hybridized carbons (Fsp3) is 0.296. The summed E-state index contributed by atoms with van der Waals surface area (Å²) in [4.78, 5) is 13.5. The number of carbonyl (C=O) groups excluding carboxylic acids is 1. The van der Waals surface area contributed by atoms with Crippen molar-refractivity contribution in [2.24, 2.45) is 5.41 Å². The summed E-state index contributed by atoms with van der Waals surface area (Å²) in [6.45, 7) is 12.2. The molecule has 1 radical (unpaired) electrons. The van der Waals surface area contributed by atoms with E-state index < -0.39 is 0 Å². The number of hydrogen-bond acceptors (Lipinski definition) is 2. The summed E-state index contributed by atoms with van der Waals surface area (Å²) >= 11 is 0. The molecule has 0 aromatic heterocycles. The molecule has 0 saturated heterocycles. The average molecular weight is 400 g/mol. The quantitative estimate of drug-likeness (QED) is 0.467. The number of phenols is 1. The summed E-state index contributed by atoms with van der Waals surface area (Å²) in [6.07, 6.45) is 1.96. The van der Waals surface area contributed by atoms with Gasteiger partial charge in [0.1, 0.15) is 5.75 Å². The Bertz CT molecular complexity index is 1230. The van der Waals surface area contributed by atoms with Crippen LogP contribution in [-0.2, 0) is 10.5 Å². The number of phenolic OH excluding ortho intramolecular Hbond substituents is 1. The van der Waals surface area contributed by atoms with Crippen LogP contribution in [0, 0.1) is 5.41 Å². The number of allylic oxidation sites excluding steroid dienone is 1. The van der Waals surface area contributed by atoms with Crippen LogP contribution in [0.1, 0.15) is 63.0 Å². The number of aromatic hydroxyl groups is 1. The molecule has 0 aliphatic heterocycles. The highest BCUT2D eigenvalue weighted by molar-refractivity contribution is 6.24. The number of ketones is 1. The van der Waals surface area contributed by atoms with Crippen molar-refractivity contribution in [2.75, 3.05) is 0 Å². The van der Waals surface area contributed by atoms with Gasteiger partial charge in [-0.2, -0.15) is 0 Å². The molecule has 0 unspecified atom stereocenters. The van der Waals surface area contributed by atoms with Crippen molar-refractivity contribution >= 4 is 22.6 Å². The van der Waals surface area contributed by atoms with Crippen LogP contribution in [0.15, 0.2) is 48.0 Å². The fourth-order valence-corrected chi connectivity index (χ4v) is 4.20. The topological polar surface area (TPSA) is 57.2 Å². The van der Waals surface area contributed by atoms with Gasteiger partial charge in [-0.3, -0.25) is 9.90 Å². The highest BCUT2D eigenvalue weighted by Crippen LogP contribution is 2.46. The SMILES string of the molecule is CC(C)(C)C1=Cc2cc(C(C)(C)C)c([O])c3cc(-c4cccc(O)c4)cc(c23)C1=O. The zero-order valence-corrected chi connectivity index (χ0v) is 18.4. The Labute approximate surface area is 177 Å². The van der Waals surface area contributed by atoms with E-state index in [2.05, 4.69) is 0 Å². The molecule has 30 heavy (non-hydrogen) atoms. The van der Waals surface area contributed by atoms with Crippen molar-refractivity contribution in [1.29, 1.82) is 0 Å². The molecule has 3 aromatic rings. The molecule has 3 aromatic carbocycles. The lowest BCUT2D eigenvalue weighted by Gasteiger charge is -2.29. The Hall–Kier alpha value is -3.07. The molecule has 153 valence electrons. The maximum atomic E-state index is 13.5. The lowest BCUT2D eigenvalue weighted by atomic mass is 9.74. The van der Waals surface area contributed by atoms with E-state index in [9.17, 15) is 15.0 Å². The third-order valence-corrected chi connectivity index (χ3v) is 5.80. The van der Waals surface area contributed by atoms with Crippen LogP contribution in [0.2, 0.25) is 0 Å². The van der Waals surface area contributed by atoms with Gasteiger partial charge in [-0.15, -0.1) is 0 Å². The zero-order valence-electron chi connectivity index (χ0n) is 18.4. The van der Waals surface area contributed by atoms with Gasteiger partial charge in [0.2, 0.25) is 0 Å². The third-order valence-electron chi connectivity index (χ3n) is 5.80. The highest BCUT2D eigenvalue weighted by Gasteiger charge is 2.33. The molecule has 1 aliphatic carbocycles. The minimum absolute atomic E-state index is 0.0371. The minimum Gasteiger partial charge on any atom is -0.508 e. The summed E-state index contributed by atoms with van der Waals surface area (Å²) in [5.41, 5.74) is 3.86. The standard InChI is InChI=1S/C27H27O3/c1-26(2,3)21-13-17-14-22(27(4,5)6)25(30)20-12-16(11-19(23(17)20)24(21)29)15-8-7-9-18(28)10-15/h7-14,28H,1-6H3. The Balaban J connectivity index is 2.14. The normalized spacial score (nSPS) is 14.2. The largest absolute Gasteiger partial charge is 0.508 e. The van der Waals surface area contributed by atoms with Gasteiger partial charge in [-0.05, 0) is 63.9 Å². The number of hydrogen-bond donors (Lipinski definition) is 1. The second kappa shape index (κ2) is 6.46. The van der Waals surface area contributed by atoms with Crippen LogP contribution in [0.4, 0.5) is 0 Å². The van der Waals surface area contributed by atoms with Gasteiger partial charge in [0.05, 0.1) is 0 Å². The number of carbonyl (C=O) groups is 1. The molecule has 0 spiro atoms. The molecular formula is C27H27O3. The van der Waals surface area contributed by atoms with Crippen molar-refractivity contribution in [1.82, 2.24) is 0 Å². The highest BCUT2D eigenvalue weighted by atomic mass is 16.3. The molecule has 4 rings (SSSR count). The molecule has 0 saturated carbocycles. The number of benzene rings is 3. The second-order valence-electron chi connectivity index (χ2n) is 10.2. The Morgan fingerprint density at radius 3 is 2.13 bits per heavy atom. The molecule has 0 amide bonds. The van der Waals surface area contributed by atoms with Gasteiger partial charge in [0.25, 0.3) is 0 Å². The molecule has 1 N–H and O–H groups in total. The Morgan fingerprint density at radius 2 is 1.53 bits per heavy atom. The molecule has 1 aliphatic rings. The predicted molar refractivity (Wildman–Crippen MR) is 122 cm³/mol. The molecule has 0 heterocycles. The van der Waals surface area contributed by atoms with Crippen LogP contribution >= 0.6 is 0 Å². The summed E-state index contributed by atoms with van der Waals surface area (Å²) in [5.74, 6) is 0.0733. The van der Waals surface area contributed by atoms with Gasteiger partial charge < -0.3 is 5.11 Å². The molecule has 0 bridgehead atoms. The smallest absolute Gasteiger partial charge is 0.190 e. The van der Waals surface area contributed by atoms with E-state index in [0.717, 1.165) is 33.2 Å². The molecule has 0 fully saturated rings. The van der Waals surface area contributed by atoms with E-state index in [4.69, 9.17) is 0 Å². The van der Waals surface area contributed by atoms with E-state index in [1.165, 1.54) is 0 Å². The number of Topliss-reactive ketones (excluding diaryl/α,β-unsaturated/α-hetero) is 1. The van der Waals surface area contributed by atoms with E-state index >= 15 is 0 Å². The van der Waals surface area contributed by atoms with Gasteiger partial charge in [0, 0.05) is 27.5 Å². The van der Waals surface area contributed by atoms with Gasteiger partial charge >= 0.3 is 0 Å². The van der Waals surface area contributed by atoms with Crippen LogP contribution in [0.3, 0.4) is 0 Å². The first-order chi connectivity index (χ1) is 13.9. The summed E-state index contributed by atoms with van der Waals surface area (Å²) in [5, 5.41) is 24.7. The van der Waals surface area contributed by atoms with E-state index in [1.54, 1.807) is 18.2 Å². The zero-order chi connectivity index (χ0) is 22.0. The van der Waals surface area contributed by atoms with Crippen molar-refractivity contribution < 1.29 is 15.0 Å². The second-order valence-corrected chi connectivity index (χ2v) is 10.2. The molecular weight excluding hydrogens is 372 g/mol. The van der Waals surface area contributed by atoms with Crippen molar-refractivity contribution in [2.45, 2.75) is 47.0 Å². The number of rotatable bonds is 1. The lowest BCUT2D eigenvalue weighted by molar-refractivity contribution is 0.101. The summed E-state index contributed by atoms with van der Waals surface area (Å²) in [7, 11) is 0. The minimum atomic E-state index is -0.319. The average Bonchev–Trinajstić information content (AvgIpc) is 2.64. The Morgan fingerprint density at radius 1 is 0.833 bits per heavy atom. The van der Waals surface area contributed by atoms with Crippen LogP contribution in [0.5, 0.6) is 11.5 Å². The van der Waals surface area contributed by atoms with Crippen LogP contribution < -0.4 is 0 Å². The first-order valence-corrected chi connectivity index (χ1v) is 10.3. The van der Waals surface area contributed by atoms with Crippen molar-refractivity contribution in [3.8, 4) is 22.6 Å². The van der Waals surface area contributed by atoms with Crippen molar-refractivity contribution in [3.63, 3.8) is 0 Å². The maximum absolute atomic E-state index is 13.5. The van der Waals surface area contributed by atoms with Gasteiger partial charge in [0.15, 0.2) is 11.5 Å². The van der Waals surface area contributed by atoms with E-state index in [0.29, 0.717) is 10.9 Å². The Kier molecular flexibility index (Phi) is 4.36. The van der Waals surface area contributed by atoms with Crippen LogP contribution in [-0.4, -0.2) is 10.9 Å². The van der Waals surface area contributed by atoms with Crippen LogP contribution in [0.25, 0.3) is 28.0 Å². The van der Waals surface area contributed by atoms with Gasteiger partial charge in [-0.1, -0.05) is 53.7 Å². The molecule has 3 heteroatoms. The molecule has 0 atom stereocenters. The van der Waals surface area contributed by atoms with Gasteiger partial charge in [-0.25, -0.2) is 0 Å². The predicted octanol–water partition coefficient (Wildman–Crippen LogP) is 7.28. The third kappa shape index (κ3) is 3.19. The summed E-state index contributed by atoms with van der Waals surface area (Å²) < 4.78 is 0. The lowest BCUT2D eigenvalue weighted by Crippen LogP contribution is -2.21. The maximum Gasteiger partial charge on any atom is 0.190 e. The first-order valence-electron chi connectivity index (χ1n) is 10.3. The molecule has 3 nitrogen and oxygen atoms in total. The van der Waals surface area contributed by atoms with E-state index in [-0.39, 0.29) is 28.1 Å². The first kappa shape index (κ1) is 20.2. The summed E-state index contributed by atoms with van der Waals surface area (Å²) in [6, 6.07) is 12.6. The monoisotopic (exact) mass is 399 g/mol. The van der Waals surface area contributed by atoms with Crippen molar-refractivity contribution in [3.05, 3.63) is 64.7 Å². The fourth-order valence-electron chi connectivity index (χ4n) is 4.20. The van der Waals surface area contributed by atoms with E-state index in [1.807, 2.05) is 71.9 Å².